The van der Waals surface area contributed by atoms with Crippen LogP contribution in [0.2, 0.25) is 0 Å². The van der Waals surface area contributed by atoms with Gasteiger partial charge in [-0.15, -0.1) is 0 Å². The van der Waals surface area contributed by atoms with E-state index in [0.717, 1.165) is 74.4 Å². The second kappa shape index (κ2) is 11.9. The lowest BCUT2D eigenvalue weighted by Crippen LogP contribution is -2.39. The summed E-state index contributed by atoms with van der Waals surface area (Å²) in [6, 6.07) is 10.0. The Labute approximate surface area is 222 Å². The van der Waals surface area contributed by atoms with Crippen molar-refractivity contribution in [2.45, 2.75) is 56.7 Å². The van der Waals surface area contributed by atoms with Crippen LogP contribution in [0.4, 0.5) is 17.5 Å². The van der Waals surface area contributed by atoms with Gasteiger partial charge >= 0.3 is 0 Å². The molecular formula is C28H32N8O2. The Morgan fingerprint density at radius 3 is 2.53 bits per heavy atom. The van der Waals surface area contributed by atoms with Crippen LogP contribution in [0.1, 0.15) is 50.1 Å². The number of aromatic nitrogens is 4. The number of carbonyl (C=O) groups is 1. The van der Waals surface area contributed by atoms with Crippen molar-refractivity contribution >= 4 is 23.4 Å². The molecule has 1 saturated carbocycles. The van der Waals surface area contributed by atoms with Crippen LogP contribution in [0.5, 0.6) is 0 Å². The van der Waals surface area contributed by atoms with Gasteiger partial charge in [0.25, 0.3) is 0 Å². The van der Waals surface area contributed by atoms with Crippen LogP contribution >= 0.6 is 0 Å². The summed E-state index contributed by atoms with van der Waals surface area (Å²) in [5.74, 6) is 1.07. The van der Waals surface area contributed by atoms with E-state index >= 15 is 0 Å². The molecule has 196 valence electrons. The molecule has 2 aromatic heterocycles. The molecule has 38 heavy (non-hydrogen) atoms. The van der Waals surface area contributed by atoms with E-state index in [4.69, 9.17) is 15.0 Å². The van der Waals surface area contributed by atoms with Crippen molar-refractivity contribution in [2.24, 2.45) is 0 Å². The number of nitrogens with zero attached hydrogens (tertiary/aromatic N) is 5. The summed E-state index contributed by atoms with van der Waals surface area (Å²) in [7, 11) is 0. The molecule has 10 heteroatoms. The Balaban J connectivity index is 1.36. The fourth-order valence-corrected chi connectivity index (χ4v) is 4.98. The highest BCUT2D eigenvalue weighted by Crippen LogP contribution is 2.32. The molecule has 0 unspecified atom stereocenters. The fourth-order valence-electron chi connectivity index (χ4n) is 4.98. The monoisotopic (exact) mass is 512 g/mol. The molecule has 0 radical (unpaired) electrons. The number of ether oxygens (including phenoxy) is 1. The van der Waals surface area contributed by atoms with E-state index in [1.54, 1.807) is 12.1 Å². The van der Waals surface area contributed by atoms with E-state index in [9.17, 15) is 4.79 Å². The van der Waals surface area contributed by atoms with Gasteiger partial charge in [0.1, 0.15) is 5.82 Å². The number of nitriles is 1. The molecule has 3 N–H and O–H groups in total. The SMILES string of the molecule is C=CC(=O)NC1CCC(Nc2nc(Nc3ccc(C#N)cc3)ncc2-c2cnn(C3CCOCC3)c2)CC1. The minimum absolute atomic E-state index is 0.125. The summed E-state index contributed by atoms with van der Waals surface area (Å²) in [6.07, 6.45) is 12.6. The van der Waals surface area contributed by atoms with Gasteiger partial charge in [0.15, 0.2) is 0 Å². The molecule has 10 nitrogen and oxygen atoms in total. The topological polar surface area (TPSA) is 130 Å². The largest absolute Gasteiger partial charge is 0.381 e. The van der Waals surface area contributed by atoms with Gasteiger partial charge in [0.05, 0.1) is 23.9 Å². The average molecular weight is 513 g/mol. The van der Waals surface area contributed by atoms with Gasteiger partial charge in [-0.05, 0) is 68.9 Å². The molecule has 2 aliphatic rings. The van der Waals surface area contributed by atoms with Crippen molar-refractivity contribution in [3.8, 4) is 17.2 Å². The molecule has 5 rings (SSSR count). The van der Waals surface area contributed by atoms with E-state index in [2.05, 4.69) is 44.9 Å². The Bertz CT molecular complexity index is 1300. The first-order valence-electron chi connectivity index (χ1n) is 13.1. The number of benzene rings is 1. The third-order valence-electron chi connectivity index (χ3n) is 7.14. The summed E-state index contributed by atoms with van der Waals surface area (Å²) in [6.45, 7) is 5.04. The van der Waals surface area contributed by atoms with Gasteiger partial charge in [-0.1, -0.05) is 6.58 Å². The van der Waals surface area contributed by atoms with Crippen molar-refractivity contribution in [1.29, 1.82) is 5.26 Å². The lowest BCUT2D eigenvalue weighted by molar-refractivity contribution is -0.117. The zero-order valence-electron chi connectivity index (χ0n) is 21.3. The second-order valence-corrected chi connectivity index (χ2v) is 9.73. The maximum atomic E-state index is 11.7. The molecule has 3 heterocycles. The molecule has 1 aliphatic carbocycles. The van der Waals surface area contributed by atoms with E-state index in [0.29, 0.717) is 17.6 Å². The van der Waals surface area contributed by atoms with E-state index in [1.807, 2.05) is 29.2 Å². The molecule has 1 aliphatic heterocycles. The quantitative estimate of drug-likeness (QED) is 0.380. The first kappa shape index (κ1) is 25.4. The number of amides is 1. The number of hydrogen-bond donors (Lipinski definition) is 3. The van der Waals surface area contributed by atoms with Gasteiger partial charge in [-0.3, -0.25) is 9.48 Å². The highest BCUT2D eigenvalue weighted by atomic mass is 16.5. The van der Waals surface area contributed by atoms with E-state index in [-0.39, 0.29) is 18.0 Å². The zero-order chi connectivity index (χ0) is 26.3. The summed E-state index contributed by atoms with van der Waals surface area (Å²) < 4.78 is 7.53. The second-order valence-electron chi connectivity index (χ2n) is 9.73. The third kappa shape index (κ3) is 6.18. The Kier molecular flexibility index (Phi) is 7.95. The number of hydrogen-bond acceptors (Lipinski definition) is 8. The Morgan fingerprint density at radius 2 is 1.82 bits per heavy atom. The smallest absolute Gasteiger partial charge is 0.243 e. The number of carbonyl (C=O) groups excluding carboxylic acids is 1. The van der Waals surface area contributed by atoms with Crippen LogP contribution in [0.25, 0.3) is 11.1 Å². The molecule has 1 amide bonds. The first-order chi connectivity index (χ1) is 18.6. The molecular weight excluding hydrogens is 480 g/mol. The third-order valence-corrected chi connectivity index (χ3v) is 7.14. The molecule has 0 atom stereocenters. The maximum Gasteiger partial charge on any atom is 0.243 e. The lowest BCUT2D eigenvalue weighted by atomic mass is 9.91. The summed E-state index contributed by atoms with van der Waals surface area (Å²) in [5, 5.41) is 23.6. The number of rotatable bonds is 8. The number of nitrogens with one attached hydrogen (secondary N) is 3. The van der Waals surface area contributed by atoms with Crippen molar-refractivity contribution in [2.75, 3.05) is 23.8 Å². The van der Waals surface area contributed by atoms with Crippen LogP contribution in [-0.2, 0) is 9.53 Å². The van der Waals surface area contributed by atoms with Crippen molar-refractivity contribution < 1.29 is 9.53 Å². The normalized spacial score (nSPS) is 19.8. The van der Waals surface area contributed by atoms with Crippen LogP contribution in [-0.4, -0.2) is 51.0 Å². The molecule has 1 saturated heterocycles. The minimum atomic E-state index is -0.125. The van der Waals surface area contributed by atoms with E-state index < -0.39 is 0 Å². The molecule has 0 spiro atoms. The average Bonchev–Trinajstić information content (AvgIpc) is 3.45. The highest BCUT2D eigenvalue weighted by Gasteiger charge is 2.24. The van der Waals surface area contributed by atoms with E-state index in [1.165, 1.54) is 6.08 Å². The standard InChI is InChI=1S/C28H32N8O2/c1-2-26(37)32-21-7-9-22(10-8-21)33-27-25(20-16-31-36(18-20)24-11-13-38-14-12-24)17-30-28(35-27)34-23-5-3-19(15-29)4-6-23/h2-6,16-18,21-22,24H,1,7-14H2,(H,32,37)(H2,30,33,34,35). The fraction of sp³-hybridized carbons (Fsp3) is 0.393. The zero-order valence-corrected chi connectivity index (χ0v) is 21.3. The predicted octanol–water partition coefficient (Wildman–Crippen LogP) is 4.33. The van der Waals surface area contributed by atoms with Gasteiger partial charge < -0.3 is 20.7 Å². The Hall–Kier alpha value is -4.23. The van der Waals surface area contributed by atoms with Crippen LogP contribution in [0.15, 0.2) is 55.5 Å². The van der Waals surface area contributed by atoms with Crippen LogP contribution < -0.4 is 16.0 Å². The lowest BCUT2D eigenvalue weighted by Gasteiger charge is -2.30. The first-order valence-corrected chi connectivity index (χ1v) is 13.1. The van der Waals surface area contributed by atoms with Gasteiger partial charge in [-0.25, -0.2) is 4.98 Å². The molecule has 0 bridgehead atoms. The Morgan fingerprint density at radius 1 is 1.08 bits per heavy atom. The maximum absolute atomic E-state index is 11.7. The molecule has 2 fully saturated rings. The van der Waals surface area contributed by atoms with Crippen molar-refractivity contribution in [1.82, 2.24) is 25.1 Å². The molecule has 3 aromatic rings. The molecule has 1 aromatic carbocycles. The van der Waals surface area contributed by atoms with Gasteiger partial charge in [0.2, 0.25) is 11.9 Å². The predicted molar refractivity (Wildman–Crippen MR) is 145 cm³/mol. The van der Waals surface area contributed by atoms with Crippen LogP contribution in [0, 0.1) is 11.3 Å². The highest BCUT2D eigenvalue weighted by molar-refractivity contribution is 5.87. The van der Waals surface area contributed by atoms with Crippen molar-refractivity contribution in [3.05, 3.63) is 61.1 Å². The number of anilines is 3. The van der Waals surface area contributed by atoms with Gasteiger partial charge in [0, 0.05) is 54.5 Å². The summed E-state index contributed by atoms with van der Waals surface area (Å²) in [5.41, 5.74) is 3.23. The van der Waals surface area contributed by atoms with Gasteiger partial charge in [-0.2, -0.15) is 15.3 Å². The summed E-state index contributed by atoms with van der Waals surface area (Å²) >= 11 is 0. The van der Waals surface area contributed by atoms with Crippen LogP contribution in [0.3, 0.4) is 0 Å². The van der Waals surface area contributed by atoms with Crippen molar-refractivity contribution in [3.63, 3.8) is 0 Å². The summed E-state index contributed by atoms with van der Waals surface area (Å²) in [4.78, 5) is 21.1. The minimum Gasteiger partial charge on any atom is -0.381 e.